The van der Waals surface area contributed by atoms with Crippen LogP contribution >= 0.6 is 0 Å². The molecule has 124 heavy (non-hydrogen) atoms. The minimum atomic E-state index is -1.18. The summed E-state index contributed by atoms with van der Waals surface area (Å²) in [7, 11) is 3.14. The third-order valence-electron chi connectivity index (χ3n) is 26.8. The third kappa shape index (κ3) is 28.5. The van der Waals surface area contributed by atoms with Crippen molar-refractivity contribution >= 4 is 77.2 Å². The van der Waals surface area contributed by atoms with Gasteiger partial charge < -0.3 is 86.6 Å². The molecule has 0 spiro atoms. The number of aliphatic hydroxyl groups is 2. The van der Waals surface area contributed by atoms with Crippen molar-refractivity contribution in [2.24, 2.45) is 51.8 Å². The zero-order valence-corrected chi connectivity index (χ0v) is 77.5. The molecule has 6 aliphatic heterocycles. The van der Waals surface area contributed by atoms with E-state index < -0.39 is 113 Å². The Labute approximate surface area is 736 Å². The number of allylic oxidation sites excluding steroid dienone is 2. The van der Waals surface area contributed by atoms with E-state index in [-0.39, 0.29) is 119 Å². The summed E-state index contributed by atoms with van der Waals surface area (Å²) >= 11 is 0. The van der Waals surface area contributed by atoms with E-state index in [1.54, 1.807) is 117 Å². The minimum Gasteiger partial charge on any atom is -0.444 e. The molecule has 1 aromatic rings. The van der Waals surface area contributed by atoms with Crippen LogP contribution < -0.4 is 42.5 Å². The van der Waals surface area contributed by atoms with E-state index >= 15 is 0 Å². The average molecular weight is 1740 g/mol. The van der Waals surface area contributed by atoms with Gasteiger partial charge >= 0.3 is 18.3 Å². The van der Waals surface area contributed by atoms with E-state index in [1.165, 1.54) is 16.2 Å². The lowest BCUT2D eigenvalue weighted by atomic mass is 9.97. The number of ketones is 1. The van der Waals surface area contributed by atoms with Crippen molar-refractivity contribution in [1.82, 2.24) is 62.1 Å². The number of nitrogens with zero attached hydrogens (tertiary/aromatic N) is 4. The number of fused-ring (bicyclic) bond motifs is 9. The molecule has 1 aromatic carbocycles. The molecule has 9 aliphatic rings. The molecule has 0 bridgehead atoms. The molecule has 30 heteroatoms. The van der Waals surface area contributed by atoms with Crippen molar-refractivity contribution in [2.45, 2.75) is 361 Å². The number of Topliss-reactive ketones (excluding diaryl/α,β-unsaturated/α-hetero) is 1. The number of likely N-dealkylation sites (N-methyl/N-ethyl adjacent to an activating group) is 1. The first-order chi connectivity index (χ1) is 58.3. The topological polar surface area (TPSA) is 399 Å². The van der Waals surface area contributed by atoms with Crippen molar-refractivity contribution in [3.05, 3.63) is 48.0 Å². The molecule has 16 atom stereocenters. The van der Waals surface area contributed by atoms with Crippen LogP contribution in [0, 0.1) is 51.8 Å². The molecule has 0 unspecified atom stereocenters. The molecule has 0 radical (unpaired) electrons. The summed E-state index contributed by atoms with van der Waals surface area (Å²) in [5.41, 5.74) is -1.77. The van der Waals surface area contributed by atoms with Gasteiger partial charge in [0.05, 0.1) is 37.9 Å². The van der Waals surface area contributed by atoms with Crippen LogP contribution in [0.25, 0.3) is 0 Å². The first-order valence-electron chi connectivity index (χ1n) is 46.4. The van der Waals surface area contributed by atoms with E-state index in [9.17, 15) is 72.5 Å². The highest BCUT2D eigenvalue weighted by atomic mass is 16.6. The second kappa shape index (κ2) is 44.8. The lowest BCUT2D eigenvalue weighted by molar-refractivity contribution is -0.144. The molecular weight excluding hydrogens is 1590 g/mol. The largest absolute Gasteiger partial charge is 0.444 e. The third-order valence-corrected chi connectivity index (χ3v) is 26.8. The molecule has 12 amide bonds. The number of benzene rings is 1. The van der Waals surface area contributed by atoms with E-state index in [0.29, 0.717) is 57.3 Å². The highest BCUT2D eigenvalue weighted by Gasteiger charge is 2.72. The van der Waals surface area contributed by atoms with Crippen molar-refractivity contribution in [2.75, 3.05) is 53.5 Å². The number of alkyl carbamates (subject to hydrolysis) is 3. The maximum atomic E-state index is 14.2. The van der Waals surface area contributed by atoms with Crippen LogP contribution in [0.3, 0.4) is 0 Å². The first kappa shape index (κ1) is 101. The predicted molar refractivity (Wildman–Crippen MR) is 471 cm³/mol. The van der Waals surface area contributed by atoms with Crippen LogP contribution in [0.5, 0.6) is 0 Å². The van der Waals surface area contributed by atoms with Crippen LogP contribution in [0.1, 0.15) is 295 Å². The number of nitrogens with one attached hydrogen (secondary N) is 8. The van der Waals surface area contributed by atoms with Crippen LogP contribution in [0.15, 0.2) is 42.5 Å². The highest BCUT2D eigenvalue weighted by Crippen LogP contribution is 2.67. The van der Waals surface area contributed by atoms with Gasteiger partial charge in [0, 0.05) is 33.7 Å². The number of rotatable bonds is 12. The van der Waals surface area contributed by atoms with Gasteiger partial charge in [0.2, 0.25) is 53.0 Å². The fourth-order valence-corrected chi connectivity index (χ4v) is 19.5. The first-order valence-corrected chi connectivity index (χ1v) is 46.4. The average Bonchev–Trinajstić information content (AvgIpc) is 1.54. The fourth-order valence-electron chi connectivity index (χ4n) is 19.5. The minimum absolute atomic E-state index is 0.000338. The Morgan fingerprint density at radius 2 is 0.766 bits per heavy atom. The van der Waals surface area contributed by atoms with Crippen LogP contribution in [-0.2, 0) is 62.2 Å². The number of aliphatic hydroxyl groups excluding tert-OH is 2. The zero-order chi connectivity index (χ0) is 91.4. The van der Waals surface area contributed by atoms with E-state index in [1.807, 2.05) is 13.8 Å². The number of piperidine rings is 3. The maximum absolute atomic E-state index is 14.2. The Kier molecular flexibility index (Phi) is 36.5. The normalized spacial score (nSPS) is 29.3. The predicted octanol–water partition coefficient (Wildman–Crippen LogP) is 10.7. The van der Waals surface area contributed by atoms with Gasteiger partial charge in [-0.25, -0.2) is 14.4 Å². The number of hydrogen-bond acceptors (Lipinski definition) is 18. The molecule has 696 valence electrons. The lowest BCUT2D eigenvalue weighted by Gasteiger charge is -2.34. The Morgan fingerprint density at radius 3 is 1.10 bits per heavy atom. The number of carbonyl (C=O) groups excluding carboxylic acids is 13. The van der Waals surface area contributed by atoms with Gasteiger partial charge in [-0.05, 0) is 184 Å². The van der Waals surface area contributed by atoms with Crippen LogP contribution in [-0.4, -0.2) is 232 Å². The Hall–Kier alpha value is -8.41. The summed E-state index contributed by atoms with van der Waals surface area (Å²) < 4.78 is 16.3. The SMILES string of the molecule is CC(C)(C)OC(=O)N[C@H]1CCCCC=CCCCC[C@@H](CO)NC(=O)[C@@H]2[C@@H]3[C@H](CN2C1=O)C3(C)C.CC(C)(C)OC(=O)N[C@H]1CCCCCCCCCC[C@@H](CO)NC(=O)[C@@H]2[C@@H]3[C@H](CN2C1=O)C3(C)C.CN(C)C(=O)[C@@H](NC(=O)CNC(=O)C(=O)[C@@H]1CCCCCCCCCC[C@H](NC(=O)OC(C)(C)C)C(=O)N2C[C@H]3[C@@H]([C@H]2C(=O)N1)C3(C)C)c1ccccc1. The number of amides is 12. The molecule has 3 aliphatic carbocycles. The Bertz CT molecular complexity index is 3840. The van der Waals surface area contributed by atoms with E-state index in [2.05, 4.69) is 82.4 Å². The van der Waals surface area contributed by atoms with Gasteiger partial charge in [-0.1, -0.05) is 200 Å². The summed E-state index contributed by atoms with van der Waals surface area (Å²) in [6.45, 7) is 29.2. The standard InChI is InChI=1S/C40H60N6O8.C27H47N3O5.C27H45N3O5/c1-39(2,3)54-38(53)43-28-22-18-13-11-9-8-10-12-17-21-27(42-34(49)32-30-26(40(30,4)5)24-46(32)36(28)51)33(48)35(50)41-23-29(47)44-31(37(52)45(6)7)25-19-15-14-16-20-25;2*1-26(2,3)35-25(34)29-20-15-13-11-9-7-6-8-10-12-14-18(17-31)28-23(32)22-21-19(27(21,4)5)16-30(22)24(20)33/h14-16,19-20,26-28,30-32H,8-13,17-18,21-24H2,1-7H3,(H,41,50)(H,42,49)(H,43,53)(H,44,47);18-22,31H,6-17H2,1-5H3,(H,28,32)(H,29,34);6-7,18-22,31H,8-17H2,1-5H3,(H,28,32)(H,29,34)/t26-,27-,28-,30-,31-,32-;2*18-,19-,20-,21-,22-/m000/s1. The van der Waals surface area contributed by atoms with Gasteiger partial charge in [0.15, 0.2) is 0 Å². The van der Waals surface area contributed by atoms with Crippen molar-refractivity contribution in [1.29, 1.82) is 0 Å². The summed E-state index contributed by atoms with van der Waals surface area (Å²) in [5, 5.41) is 42.0. The smallest absolute Gasteiger partial charge is 0.408 e. The van der Waals surface area contributed by atoms with Crippen molar-refractivity contribution in [3.63, 3.8) is 0 Å². The Morgan fingerprint density at radius 1 is 0.452 bits per heavy atom. The van der Waals surface area contributed by atoms with Crippen LogP contribution in [0.2, 0.25) is 0 Å². The van der Waals surface area contributed by atoms with Gasteiger partial charge in [-0.15, -0.1) is 0 Å². The monoisotopic (exact) mass is 1740 g/mol. The molecular formula is C94H152N12O18. The lowest BCUT2D eigenvalue weighted by Crippen LogP contribution is -2.58. The second-order valence-electron chi connectivity index (χ2n) is 41.1. The molecule has 30 nitrogen and oxygen atoms in total. The van der Waals surface area contributed by atoms with Gasteiger partial charge in [0.1, 0.15) is 59.1 Å². The quantitative estimate of drug-likeness (QED) is 0.0528. The zero-order valence-electron chi connectivity index (χ0n) is 77.5. The second-order valence-corrected chi connectivity index (χ2v) is 41.1. The fraction of sp³-hybridized carbons (Fsp3) is 0.777. The van der Waals surface area contributed by atoms with Crippen molar-refractivity contribution < 1.29 is 86.8 Å². The van der Waals surface area contributed by atoms with Gasteiger partial charge in [0.25, 0.3) is 5.91 Å². The van der Waals surface area contributed by atoms with Gasteiger partial charge in [-0.2, -0.15) is 0 Å². The molecule has 8 fully saturated rings. The molecule has 0 aromatic heterocycles. The van der Waals surface area contributed by atoms with E-state index in [4.69, 9.17) is 14.2 Å². The van der Waals surface area contributed by atoms with E-state index in [0.717, 1.165) is 135 Å². The molecule has 3 saturated carbocycles. The molecule has 10 rings (SSSR count). The van der Waals surface area contributed by atoms with Crippen LogP contribution in [0.4, 0.5) is 14.4 Å². The number of ether oxygens (including phenoxy) is 3. The highest BCUT2D eigenvalue weighted by molar-refractivity contribution is 6.38. The summed E-state index contributed by atoms with van der Waals surface area (Å²) in [6, 6.07) is 1.47. The van der Waals surface area contributed by atoms with Crippen molar-refractivity contribution in [3.8, 4) is 0 Å². The maximum Gasteiger partial charge on any atom is 0.408 e. The molecule has 10 N–H and O–H groups in total. The number of hydrogen-bond donors (Lipinski definition) is 10. The molecule has 5 saturated heterocycles. The Balaban J connectivity index is 0.000000240. The van der Waals surface area contributed by atoms with Gasteiger partial charge in [-0.3, -0.25) is 47.9 Å². The molecule has 6 heterocycles. The number of carbonyl (C=O) groups is 13. The summed E-state index contributed by atoms with van der Waals surface area (Å²) in [6.07, 6.45) is 26.4. The summed E-state index contributed by atoms with van der Waals surface area (Å²) in [5.74, 6) is -4.10. The summed E-state index contributed by atoms with van der Waals surface area (Å²) in [4.78, 5) is 180.